The topological polar surface area (TPSA) is 15.3 Å². The third-order valence-electron chi connectivity index (χ3n) is 3.72. The van der Waals surface area contributed by atoms with Gasteiger partial charge < -0.3 is 10.2 Å². The van der Waals surface area contributed by atoms with E-state index < -0.39 is 0 Å². The fourth-order valence-electron chi connectivity index (χ4n) is 2.30. The number of nitrogens with zero attached hydrogens (tertiary/aromatic N) is 1. The molecular weight excluding hydrogens is 184 g/mol. The van der Waals surface area contributed by atoms with Gasteiger partial charge in [-0.25, -0.2) is 0 Å². The maximum atomic E-state index is 3.54. The highest BCUT2D eigenvalue weighted by Gasteiger charge is 2.26. The Morgan fingerprint density at radius 1 is 1.33 bits per heavy atom. The van der Waals surface area contributed by atoms with Crippen LogP contribution in [-0.2, 0) is 0 Å². The van der Waals surface area contributed by atoms with Crippen molar-refractivity contribution < 1.29 is 0 Å². The van der Waals surface area contributed by atoms with Gasteiger partial charge in [0.15, 0.2) is 0 Å². The van der Waals surface area contributed by atoms with Crippen molar-refractivity contribution >= 4 is 0 Å². The fourth-order valence-corrected chi connectivity index (χ4v) is 2.30. The van der Waals surface area contributed by atoms with Crippen molar-refractivity contribution in [3.8, 4) is 0 Å². The Hall–Kier alpha value is -0.0800. The third-order valence-corrected chi connectivity index (χ3v) is 3.72. The molecule has 2 nitrogen and oxygen atoms in total. The molecule has 1 aliphatic rings. The van der Waals surface area contributed by atoms with E-state index >= 15 is 0 Å². The molecule has 0 amide bonds. The minimum atomic E-state index is 0.751. The highest BCUT2D eigenvalue weighted by molar-refractivity contribution is 4.81. The van der Waals surface area contributed by atoms with Crippen LogP contribution in [0.3, 0.4) is 0 Å². The van der Waals surface area contributed by atoms with Crippen LogP contribution in [0.15, 0.2) is 0 Å². The molecule has 0 spiro atoms. The predicted octanol–water partition coefficient (Wildman–Crippen LogP) is 2.35. The highest BCUT2D eigenvalue weighted by Crippen LogP contribution is 2.21. The molecule has 0 saturated carbocycles. The van der Waals surface area contributed by atoms with Crippen LogP contribution >= 0.6 is 0 Å². The lowest BCUT2D eigenvalue weighted by Crippen LogP contribution is -2.35. The molecular formula is C13H28N2. The molecule has 0 aromatic rings. The first-order valence-corrected chi connectivity index (χ1v) is 6.59. The van der Waals surface area contributed by atoms with Crippen molar-refractivity contribution in [2.45, 2.75) is 46.6 Å². The van der Waals surface area contributed by atoms with Crippen molar-refractivity contribution in [2.75, 3.05) is 26.2 Å². The molecule has 2 unspecified atom stereocenters. The van der Waals surface area contributed by atoms with Gasteiger partial charge in [-0.3, -0.25) is 0 Å². The van der Waals surface area contributed by atoms with Gasteiger partial charge in [0, 0.05) is 12.6 Å². The molecule has 0 aromatic heterocycles. The van der Waals surface area contributed by atoms with E-state index in [1.807, 2.05) is 0 Å². The van der Waals surface area contributed by atoms with Crippen LogP contribution in [0.5, 0.6) is 0 Å². The summed E-state index contributed by atoms with van der Waals surface area (Å²) >= 11 is 0. The van der Waals surface area contributed by atoms with E-state index in [-0.39, 0.29) is 0 Å². The smallest absolute Gasteiger partial charge is 0.00900 e. The van der Waals surface area contributed by atoms with Gasteiger partial charge in [0.1, 0.15) is 0 Å². The van der Waals surface area contributed by atoms with Gasteiger partial charge in [-0.2, -0.15) is 0 Å². The van der Waals surface area contributed by atoms with Gasteiger partial charge in [0.25, 0.3) is 0 Å². The molecule has 0 aliphatic carbocycles. The Morgan fingerprint density at radius 2 is 2.07 bits per heavy atom. The zero-order valence-electron chi connectivity index (χ0n) is 10.9. The number of nitrogens with one attached hydrogen (secondary N) is 1. The lowest BCUT2D eigenvalue weighted by atomic mass is 10.1. The lowest BCUT2D eigenvalue weighted by molar-refractivity contribution is 0.200. The van der Waals surface area contributed by atoms with Crippen LogP contribution in [0.4, 0.5) is 0 Å². The summed E-state index contributed by atoms with van der Waals surface area (Å²) in [5, 5.41) is 3.54. The average molecular weight is 212 g/mol. The van der Waals surface area contributed by atoms with E-state index in [0.29, 0.717) is 0 Å². The summed E-state index contributed by atoms with van der Waals surface area (Å²) < 4.78 is 0. The molecule has 0 aromatic carbocycles. The van der Waals surface area contributed by atoms with Crippen molar-refractivity contribution in [3.05, 3.63) is 0 Å². The molecule has 2 heteroatoms. The molecule has 1 saturated heterocycles. The predicted molar refractivity (Wildman–Crippen MR) is 67.1 cm³/mol. The lowest BCUT2D eigenvalue weighted by Gasteiger charge is -2.27. The molecule has 90 valence electrons. The number of hydrogen-bond acceptors (Lipinski definition) is 2. The summed E-state index contributed by atoms with van der Waals surface area (Å²) in [7, 11) is 0. The molecule has 15 heavy (non-hydrogen) atoms. The Bertz CT molecular complexity index is 168. The van der Waals surface area contributed by atoms with Gasteiger partial charge in [0.05, 0.1) is 0 Å². The minimum Gasteiger partial charge on any atom is -0.316 e. The zero-order chi connectivity index (χ0) is 11.3. The molecule has 1 rings (SSSR count). The summed E-state index contributed by atoms with van der Waals surface area (Å²) in [6, 6.07) is 0.751. The van der Waals surface area contributed by atoms with Crippen LogP contribution in [0.1, 0.15) is 40.5 Å². The number of hydrogen-bond donors (Lipinski definition) is 1. The van der Waals surface area contributed by atoms with Crippen molar-refractivity contribution in [2.24, 2.45) is 11.8 Å². The Kier molecular flexibility index (Phi) is 5.62. The first kappa shape index (κ1) is 13.0. The van der Waals surface area contributed by atoms with E-state index in [2.05, 4.69) is 37.9 Å². The van der Waals surface area contributed by atoms with E-state index in [1.165, 1.54) is 39.0 Å². The molecule has 1 fully saturated rings. The second kappa shape index (κ2) is 6.49. The maximum absolute atomic E-state index is 3.54. The van der Waals surface area contributed by atoms with Gasteiger partial charge in [0.2, 0.25) is 0 Å². The molecule has 1 aliphatic heterocycles. The molecule has 2 atom stereocenters. The van der Waals surface area contributed by atoms with E-state index in [4.69, 9.17) is 0 Å². The highest BCUT2D eigenvalue weighted by atomic mass is 15.2. The van der Waals surface area contributed by atoms with Crippen LogP contribution in [0.25, 0.3) is 0 Å². The summed E-state index contributed by atoms with van der Waals surface area (Å²) in [4.78, 5) is 2.66. The summed E-state index contributed by atoms with van der Waals surface area (Å²) in [6.45, 7) is 14.3. The molecule has 1 N–H and O–H groups in total. The average Bonchev–Trinajstić information content (AvgIpc) is 2.65. The summed E-state index contributed by atoms with van der Waals surface area (Å²) in [6.07, 6.45) is 2.63. The van der Waals surface area contributed by atoms with Crippen LogP contribution in [-0.4, -0.2) is 37.1 Å². The fraction of sp³-hybridized carbons (Fsp3) is 1.00. The third kappa shape index (κ3) is 4.12. The van der Waals surface area contributed by atoms with Crippen LogP contribution < -0.4 is 5.32 Å². The zero-order valence-corrected chi connectivity index (χ0v) is 10.9. The van der Waals surface area contributed by atoms with Gasteiger partial charge in [-0.1, -0.05) is 20.8 Å². The second-order valence-corrected chi connectivity index (χ2v) is 5.34. The van der Waals surface area contributed by atoms with E-state index in [9.17, 15) is 0 Å². The SMILES string of the molecule is CCCNCC1CCN(C(C)C(C)C)C1. The quantitative estimate of drug-likeness (QED) is 0.680. The van der Waals surface area contributed by atoms with Gasteiger partial charge >= 0.3 is 0 Å². The van der Waals surface area contributed by atoms with E-state index in [1.54, 1.807) is 0 Å². The summed E-state index contributed by atoms with van der Waals surface area (Å²) in [5.74, 6) is 1.67. The second-order valence-electron chi connectivity index (χ2n) is 5.34. The Balaban J connectivity index is 2.20. The van der Waals surface area contributed by atoms with Crippen LogP contribution in [0.2, 0.25) is 0 Å². The molecule has 1 heterocycles. The Morgan fingerprint density at radius 3 is 2.67 bits per heavy atom. The van der Waals surface area contributed by atoms with Gasteiger partial charge in [-0.05, 0) is 51.2 Å². The van der Waals surface area contributed by atoms with E-state index in [0.717, 1.165) is 17.9 Å². The van der Waals surface area contributed by atoms with Crippen molar-refractivity contribution in [1.82, 2.24) is 10.2 Å². The van der Waals surface area contributed by atoms with Gasteiger partial charge in [-0.15, -0.1) is 0 Å². The monoisotopic (exact) mass is 212 g/mol. The first-order valence-electron chi connectivity index (χ1n) is 6.59. The summed E-state index contributed by atoms with van der Waals surface area (Å²) in [5.41, 5.74) is 0. The molecule has 0 bridgehead atoms. The number of rotatable bonds is 6. The standard InChI is InChI=1S/C13H28N2/c1-5-7-14-9-13-6-8-15(10-13)12(4)11(2)3/h11-14H,5-10H2,1-4H3. The van der Waals surface area contributed by atoms with Crippen molar-refractivity contribution in [3.63, 3.8) is 0 Å². The normalized spacial score (nSPS) is 25.0. The maximum Gasteiger partial charge on any atom is 0.00900 e. The first-order chi connectivity index (χ1) is 7.15. The largest absolute Gasteiger partial charge is 0.316 e. The molecule has 0 radical (unpaired) electrons. The van der Waals surface area contributed by atoms with Crippen molar-refractivity contribution in [1.29, 1.82) is 0 Å². The van der Waals surface area contributed by atoms with Crippen LogP contribution in [0, 0.1) is 11.8 Å². The number of likely N-dealkylation sites (tertiary alicyclic amines) is 1. The minimum absolute atomic E-state index is 0.751. The Labute approximate surface area is 95.4 Å².